The number of aryl methyl sites for hydroxylation is 2. The van der Waals surface area contributed by atoms with Gasteiger partial charge in [-0.1, -0.05) is 0 Å². The molecule has 2 aromatic heterocycles. The summed E-state index contributed by atoms with van der Waals surface area (Å²) < 4.78 is 5.07. The van der Waals surface area contributed by atoms with Crippen LogP contribution in [0.15, 0.2) is 18.3 Å². The van der Waals surface area contributed by atoms with Crippen LogP contribution in [0.3, 0.4) is 0 Å². The summed E-state index contributed by atoms with van der Waals surface area (Å²) in [4.78, 5) is 10.9. The molecule has 2 aliphatic rings. The maximum absolute atomic E-state index is 5.07. The van der Waals surface area contributed by atoms with Crippen LogP contribution in [0.1, 0.15) is 29.9 Å². The zero-order chi connectivity index (χ0) is 17.1. The highest BCUT2D eigenvalue weighted by Gasteiger charge is 2.28. The highest BCUT2D eigenvalue weighted by Crippen LogP contribution is 2.26. The zero-order valence-electron chi connectivity index (χ0n) is 14.6. The summed E-state index contributed by atoms with van der Waals surface area (Å²) in [7, 11) is 1.65. The van der Waals surface area contributed by atoms with E-state index in [9.17, 15) is 0 Å². The minimum Gasteiger partial charge on any atom is -0.377 e. The van der Waals surface area contributed by atoms with Crippen LogP contribution in [0.4, 0.5) is 11.6 Å². The smallest absolute Gasteiger partial charge is 0.156 e. The molecule has 0 unspecified atom stereocenters. The number of hydrogen-bond acceptors (Lipinski definition) is 7. The summed E-state index contributed by atoms with van der Waals surface area (Å²) in [5.41, 5.74) is 2.59. The van der Waals surface area contributed by atoms with Crippen molar-refractivity contribution >= 4 is 11.6 Å². The first-order valence-electron chi connectivity index (χ1n) is 8.97. The number of aromatic nitrogens is 4. The molecule has 1 aliphatic carbocycles. The first kappa shape index (κ1) is 16.2. The lowest BCUT2D eigenvalue weighted by atomic mass is 9.95. The molecule has 7 heteroatoms. The topological polar surface area (TPSA) is 76.1 Å². The Bertz CT molecular complexity index is 731. The van der Waals surface area contributed by atoms with E-state index in [1.807, 2.05) is 6.07 Å². The molecule has 0 atom stereocenters. The molecule has 0 spiro atoms. The Kier molecular flexibility index (Phi) is 4.74. The first-order valence-corrected chi connectivity index (χ1v) is 8.97. The number of nitrogens with one attached hydrogen (secondary N) is 1. The summed E-state index contributed by atoms with van der Waals surface area (Å²) in [6.45, 7) is 3.36. The predicted octanol–water partition coefficient (Wildman–Crippen LogP) is 1.84. The van der Waals surface area contributed by atoms with E-state index in [-0.39, 0.29) is 0 Å². The number of rotatable bonds is 6. The van der Waals surface area contributed by atoms with Gasteiger partial charge in [-0.2, -0.15) is 5.10 Å². The Balaban J connectivity index is 1.28. The van der Waals surface area contributed by atoms with E-state index in [2.05, 4.69) is 36.4 Å². The van der Waals surface area contributed by atoms with Gasteiger partial charge in [0.1, 0.15) is 12.4 Å². The molecule has 132 valence electrons. The van der Waals surface area contributed by atoms with E-state index < -0.39 is 0 Å². The Labute approximate surface area is 147 Å². The monoisotopic (exact) mass is 340 g/mol. The summed E-state index contributed by atoms with van der Waals surface area (Å²) in [5, 5.41) is 12.2. The molecule has 0 saturated carbocycles. The van der Waals surface area contributed by atoms with Gasteiger partial charge in [-0.25, -0.2) is 9.97 Å². The third-order valence-electron chi connectivity index (χ3n) is 4.89. The number of anilines is 2. The molecular formula is C18H24N6O. The van der Waals surface area contributed by atoms with Gasteiger partial charge in [0.15, 0.2) is 11.6 Å². The highest BCUT2D eigenvalue weighted by atomic mass is 16.5. The minimum absolute atomic E-state index is 0.434. The van der Waals surface area contributed by atoms with Gasteiger partial charge in [-0.3, -0.25) is 0 Å². The lowest BCUT2D eigenvalue weighted by Gasteiger charge is -2.40. The average molecular weight is 340 g/mol. The van der Waals surface area contributed by atoms with Crippen molar-refractivity contribution in [2.75, 3.05) is 37.0 Å². The molecule has 0 bridgehead atoms. The third kappa shape index (κ3) is 3.71. The highest BCUT2D eigenvalue weighted by molar-refractivity contribution is 5.45. The number of nitrogens with zero attached hydrogens (tertiary/aromatic N) is 5. The number of ether oxygens (including phenoxy) is 1. The van der Waals surface area contributed by atoms with Crippen molar-refractivity contribution in [3.05, 3.63) is 35.4 Å². The maximum Gasteiger partial charge on any atom is 0.156 e. The van der Waals surface area contributed by atoms with E-state index in [1.54, 1.807) is 13.3 Å². The van der Waals surface area contributed by atoms with E-state index in [4.69, 9.17) is 4.74 Å². The molecule has 0 radical (unpaired) electrons. The Morgan fingerprint density at radius 2 is 2.12 bits per heavy atom. The van der Waals surface area contributed by atoms with Gasteiger partial charge in [-0.15, -0.1) is 5.10 Å². The zero-order valence-corrected chi connectivity index (χ0v) is 14.6. The van der Waals surface area contributed by atoms with Crippen LogP contribution in [0.5, 0.6) is 0 Å². The van der Waals surface area contributed by atoms with Crippen molar-refractivity contribution in [1.82, 2.24) is 20.2 Å². The van der Waals surface area contributed by atoms with E-state index in [0.29, 0.717) is 18.3 Å². The molecule has 0 amide bonds. The third-order valence-corrected chi connectivity index (χ3v) is 4.89. The molecule has 4 rings (SSSR count). The fourth-order valence-electron chi connectivity index (χ4n) is 3.46. The van der Waals surface area contributed by atoms with E-state index in [0.717, 1.165) is 44.1 Å². The summed E-state index contributed by atoms with van der Waals surface area (Å²) >= 11 is 0. The molecule has 1 saturated heterocycles. The van der Waals surface area contributed by atoms with Gasteiger partial charge in [0.05, 0.1) is 5.69 Å². The molecule has 7 nitrogen and oxygen atoms in total. The van der Waals surface area contributed by atoms with Crippen molar-refractivity contribution in [2.24, 2.45) is 5.92 Å². The second-order valence-electron chi connectivity index (χ2n) is 6.82. The second-order valence-corrected chi connectivity index (χ2v) is 6.82. The Morgan fingerprint density at radius 3 is 3.00 bits per heavy atom. The van der Waals surface area contributed by atoms with Gasteiger partial charge in [0.2, 0.25) is 0 Å². The molecule has 1 aliphatic heterocycles. The van der Waals surface area contributed by atoms with E-state index >= 15 is 0 Å². The fraction of sp³-hybridized carbons (Fsp3) is 0.556. The van der Waals surface area contributed by atoms with Gasteiger partial charge < -0.3 is 15.0 Å². The average Bonchev–Trinajstić information content (AvgIpc) is 2.61. The van der Waals surface area contributed by atoms with Gasteiger partial charge in [-0.05, 0) is 43.4 Å². The molecular weight excluding hydrogens is 316 g/mol. The summed E-state index contributed by atoms with van der Waals surface area (Å²) in [6, 6.07) is 4.14. The van der Waals surface area contributed by atoms with Crippen molar-refractivity contribution in [2.45, 2.75) is 32.3 Å². The number of methoxy groups -OCH3 is 1. The molecule has 1 N–H and O–H groups in total. The number of hydrogen-bond donors (Lipinski definition) is 1. The molecule has 0 aromatic carbocycles. The fourth-order valence-corrected chi connectivity index (χ4v) is 3.46. The first-order chi connectivity index (χ1) is 12.3. The summed E-state index contributed by atoms with van der Waals surface area (Å²) in [6.07, 6.45) is 6.51. The van der Waals surface area contributed by atoms with Crippen molar-refractivity contribution < 1.29 is 4.74 Å². The largest absolute Gasteiger partial charge is 0.377 e. The Morgan fingerprint density at radius 1 is 1.24 bits per heavy atom. The van der Waals surface area contributed by atoms with Crippen LogP contribution in [-0.2, 0) is 24.2 Å². The van der Waals surface area contributed by atoms with Crippen LogP contribution in [0.2, 0.25) is 0 Å². The standard InChI is InChI=1S/C18H24N6O/c1-25-12-17-19-7-6-16(21-17)20-9-13-10-24(11-13)18-8-14-4-2-3-5-15(14)22-23-18/h6-8,13H,2-5,9-12H2,1H3,(H,19,20,21). The quantitative estimate of drug-likeness (QED) is 0.860. The predicted molar refractivity (Wildman–Crippen MR) is 95.6 cm³/mol. The Hall–Kier alpha value is -2.28. The van der Waals surface area contributed by atoms with Crippen LogP contribution in [0, 0.1) is 5.92 Å². The van der Waals surface area contributed by atoms with Crippen molar-refractivity contribution in [1.29, 1.82) is 0 Å². The molecule has 1 fully saturated rings. The van der Waals surface area contributed by atoms with Crippen LogP contribution < -0.4 is 10.2 Å². The molecule has 3 heterocycles. The maximum atomic E-state index is 5.07. The van der Waals surface area contributed by atoms with Crippen molar-refractivity contribution in [3.63, 3.8) is 0 Å². The lowest BCUT2D eigenvalue weighted by Crippen LogP contribution is -2.50. The lowest BCUT2D eigenvalue weighted by molar-refractivity contribution is 0.178. The molecule has 25 heavy (non-hydrogen) atoms. The minimum atomic E-state index is 0.434. The van der Waals surface area contributed by atoms with Crippen LogP contribution in [0.25, 0.3) is 0 Å². The SMILES string of the molecule is COCc1nccc(NCC2CN(c3cc4c(nn3)CCCC4)C2)n1. The van der Waals surface area contributed by atoms with Gasteiger partial charge in [0.25, 0.3) is 0 Å². The van der Waals surface area contributed by atoms with Gasteiger partial charge in [0, 0.05) is 38.9 Å². The number of fused-ring (bicyclic) bond motifs is 1. The normalized spacial score (nSPS) is 17.1. The molecule has 2 aromatic rings. The summed E-state index contributed by atoms with van der Waals surface area (Å²) in [5.74, 6) is 3.18. The second kappa shape index (κ2) is 7.31. The van der Waals surface area contributed by atoms with Crippen molar-refractivity contribution in [3.8, 4) is 0 Å². The van der Waals surface area contributed by atoms with Gasteiger partial charge >= 0.3 is 0 Å². The van der Waals surface area contributed by atoms with E-state index in [1.165, 1.54) is 24.1 Å². The van der Waals surface area contributed by atoms with Crippen LogP contribution in [-0.4, -0.2) is 46.9 Å². The van der Waals surface area contributed by atoms with Crippen LogP contribution >= 0.6 is 0 Å².